The Morgan fingerprint density at radius 2 is 2.00 bits per heavy atom. The first-order valence-electron chi connectivity index (χ1n) is 6.43. The normalized spacial score (nSPS) is 15.2. The molecule has 2 N–H and O–H groups in total. The third-order valence-electron chi connectivity index (χ3n) is 3.46. The van der Waals surface area contributed by atoms with Gasteiger partial charge in [-0.05, 0) is 11.5 Å². The number of phenols is 1. The molecular weight excluding hydrogens is 256 g/mol. The predicted octanol–water partition coefficient (Wildman–Crippen LogP) is 1.12. The zero-order chi connectivity index (χ0) is 14.1. The van der Waals surface area contributed by atoms with Gasteiger partial charge < -0.3 is 15.3 Å². The number of phenolic OH excluding ortho intramolecular Hbond substituents is 1. The highest BCUT2D eigenvalue weighted by molar-refractivity contribution is 6.04. The van der Waals surface area contributed by atoms with Crippen molar-refractivity contribution in [1.82, 2.24) is 10.2 Å². The second-order valence-corrected chi connectivity index (χ2v) is 4.76. The van der Waals surface area contributed by atoms with Gasteiger partial charge in [0, 0.05) is 18.5 Å². The summed E-state index contributed by atoms with van der Waals surface area (Å²) in [7, 11) is 0. The number of hydrogen-bond donors (Lipinski definition) is 2. The first kappa shape index (κ1) is 12.5. The minimum Gasteiger partial charge on any atom is -0.506 e. The zero-order valence-electron chi connectivity index (χ0n) is 10.8. The van der Waals surface area contributed by atoms with E-state index in [1.165, 1.54) is 4.90 Å². The summed E-state index contributed by atoms with van der Waals surface area (Å²) in [5.41, 5.74) is 0.235. The Balaban J connectivity index is 1.99. The molecule has 1 aliphatic heterocycles. The van der Waals surface area contributed by atoms with Crippen LogP contribution in [0, 0.1) is 0 Å². The van der Waals surface area contributed by atoms with E-state index in [4.69, 9.17) is 0 Å². The molecule has 1 heterocycles. The maximum Gasteiger partial charge on any atom is 0.258 e. The molecule has 0 spiro atoms. The summed E-state index contributed by atoms with van der Waals surface area (Å²) in [4.78, 5) is 25.2. The van der Waals surface area contributed by atoms with Gasteiger partial charge in [-0.15, -0.1) is 0 Å². The molecule has 20 heavy (non-hydrogen) atoms. The van der Waals surface area contributed by atoms with Crippen LogP contribution in [-0.4, -0.2) is 41.5 Å². The van der Waals surface area contributed by atoms with Crippen molar-refractivity contribution >= 4 is 22.6 Å². The van der Waals surface area contributed by atoms with E-state index in [-0.39, 0.29) is 29.7 Å². The lowest BCUT2D eigenvalue weighted by atomic mass is 10.0. The lowest BCUT2D eigenvalue weighted by Crippen LogP contribution is -2.49. The van der Waals surface area contributed by atoms with Crippen LogP contribution in [-0.2, 0) is 4.79 Å². The average Bonchev–Trinajstić information content (AvgIpc) is 2.47. The Hall–Kier alpha value is -2.56. The molecule has 2 aromatic rings. The third-order valence-corrected chi connectivity index (χ3v) is 3.46. The number of aromatic hydroxyl groups is 1. The van der Waals surface area contributed by atoms with Crippen LogP contribution in [0.1, 0.15) is 10.4 Å². The Morgan fingerprint density at radius 1 is 1.20 bits per heavy atom. The van der Waals surface area contributed by atoms with Crippen LogP contribution in [0.3, 0.4) is 0 Å². The Morgan fingerprint density at radius 3 is 2.80 bits per heavy atom. The highest BCUT2D eigenvalue weighted by atomic mass is 16.3. The van der Waals surface area contributed by atoms with Gasteiger partial charge in [0.2, 0.25) is 5.91 Å². The van der Waals surface area contributed by atoms with Crippen LogP contribution in [0.4, 0.5) is 0 Å². The van der Waals surface area contributed by atoms with Crippen molar-refractivity contribution in [3.05, 3.63) is 42.0 Å². The number of carbonyl (C=O) groups is 2. The van der Waals surface area contributed by atoms with Crippen molar-refractivity contribution < 1.29 is 14.7 Å². The van der Waals surface area contributed by atoms with E-state index in [2.05, 4.69) is 5.32 Å². The van der Waals surface area contributed by atoms with E-state index in [0.29, 0.717) is 18.5 Å². The van der Waals surface area contributed by atoms with E-state index < -0.39 is 0 Å². The molecule has 1 saturated heterocycles. The molecule has 1 fully saturated rings. The largest absolute Gasteiger partial charge is 0.506 e. The van der Waals surface area contributed by atoms with Gasteiger partial charge in [-0.1, -0.05) is 30.3 Å². The number of carbonyl (C=O) groups excluding carboxylic acids is 2. The molecule has 1 aliphatic rings. The van der Waals surface area contributed by atoms with E-state index in [1.54, 1.807) is 18.2 Å². The van der Waals surface area contributed by atoms with Crippen molar-refractivity contribution in [2.45, 2.75) is 0 Å². The summed E-state index contributed by atoms with van der Waals surface area (Å²) in [5.74, 6) is -0.521. The highest BCUT2D eigenvalue weighted by Crippen LogP contribution is 2.29. The minimum absolute atomic E-state index is 0.0286. The van der Waals surface area contributed by atoms with Crippen LogP contribution < -0.4 is 5.32 Å². The molecule has 0 aromatic heterocycles. The lowest BCUT2D eigenvalue weighted by Gasteiger charge is -2.27. The molecule has 0 atom stereocenters. The molecular formula is C15H14N2O3. The van der Waals surface area contributed by atoms with Crippen molar-refractivity contribution in [2.24, 2.45) is 0 Å². The fourth-order valence-electron chi connectivity index (χ4n) is 2.41. The number of nitrogens with one attached hydrogen (secondary N) is 1. The van der Waals surface area contributed by atoms with Gasteiger partial charge in [-0.3, -0.25) is 9.59 Å². The summed E-state index contributed by atoms with van der Waals surface area (Å²) in [6, 6.07) is 10.7. The minimum atomic E-state index is -0.317. The number of rotatable bonds is 1. The highest BCUT2D eigenvalue weighted by Gasteiger charge is 2.24. The van der Waals surface area contributed by atoms with E-state index >= 15 is 0 Å². The van der Waals surface area contributed by atoms with Gasteiger partial charge in [-0.25, -0.2) is 0 Å². The fourth-order valence-corrected chi connectivity index (χ4v) is 2.41. The van der Waals surface area contributed by atoms with Crippen LogP contribution in [0.25, 0.3) is 10.8 Å². The molecule has 5 heteroatoms. The van der Waals surface area contributed by atoms with Gasteiger partial charge in [0.05, 0.1) is 12.1 Å². The van der Waals surface area contributed by atoms with E-state index in [9.17, 15) is 14.7 Å². The smallest absolute Gasteiger partial charge is 0.258 e. The molecule has 0 bridgehead atoms. The topological polar surface area (TPSA) is 69.6 Å². The molecule has 0 saturated carbocycles. The maximum absolute atomic E-state index is 12.4. The standard InChI is InChI=1S/C15H14N2O3/c18-13-9-17(8-7-16-13)15(20)12-6-5-10-3-1-2-4-11(10)14(12)19/h1-6,19H,7-9H2,(H,16,18). The van der Waals surface area contributed by atoms with Crippen LogP contribution >= 0.6 is 0 Å². The second kappa shape index (κ2) is 4.85. The molecule has 2 aromatic carbocycles. The zero-order valence-corrected chi connectivity index (χ0v) is 10.8. The van der Waals surface area contributed by atoms with E-state index in [1.807, 2.05) is 18.2 Å². The quantitative estimate of drug-likeness (QED) is 0.815. The third kappa shape index (κ3) is 2.07. The monoisotopic (exact) mass is 270 g/mol. The number of fused-ring (bicyclic) bond motifs is 1. The summed E-state index contributed by atoms with van der Waals surface area (Å²) < 4.78 is 0. The van der Waals surface area contributed by atoms with Crippen molar-refractivity contribution in [3.8, 4) is 5.75 Å². The number of amides is 2. The predicted molar refractivity (Wildman–Crippen MR) is 74.5 cm³/mol. The van der Waals surface area contributed by atoms with Gasteiger partial charge in [-0.2, -0.15) is 0 Å². The number of hydrogen-bond acceptors (Lipinski definition) is 3. The average molecular weight is 270 g/mol. The Labute approximate surface area is 115 Å². The molecule has 2 amide bonds. The molecule has 3 rings (SSSR count). The van der Waals surface area contributed by atoms with Crippen molar-refractivity contribution in [2.75, 3.05) is 19.6 Å². The number of nitrogens with zero attached hydrogens (tertiary/aromatic N) is 1. The first-order valence-corrected chi connectivity index (χ1v) is 6.43. The maximum atomic E-state index is 12.4. The van der Waals surface area contributed by atoms with Gasteiger partial charge >= 0.3 is 0 Å². The van der Waals surface area contributed by atoms with Crippen LogP contribution in [0.15, 0.2) is 36.4 Å². The molecule has 0 radical (unpaired) electrons. The molecule has 0 aliphatic carbocycles. The van der Waals surface area contributed by atoms with Crippen molar-refractivity contribution in [3.63, 3.8) is 0 Å². The van der Waals surface area contributed by atoms with Gasteiger partial charge in [0.1, 0.15) is 5.75 Å². The number of piperazine rings is 1. The fraction of sp³-hybridized carbons (Fsp3) is 0.200. The summed E-state index contributed by atoms with van der Waals surface area (Å²) in [6.07, 6.45) is 0. The molecule has 5 nitrogen and oxygen atoms in total. The second-order valence-electron chi connectivity index (χ2n) is 4.76. The van der Waals surface area contributed by atoms with Gasteiger partial charge in [0.15, 0.2) is 0 Å². The molecule has 0 unspecified atom stereocenters. The Bertz CT molecular complexity index is 697. The summed E-state index contributed by atoms with van der Waals surface area (Å²) in [5, 5.41) is 14.4. The van der Waals surface area contributed by atoms with Gasteiger partial charge in [0.25, 0.3) is 5.91 Å². The number of benzene rings is 2. The van der Waals surface area contributed by atoms with E-state index in [0.717, 1.165) is 5.39 Å². The van der Waals surface area contributed by atoms with Crippen LogP contribution in [0.5, 0.6) is 5.75 Å². The van der Waals surface area contributed by atoms with Crippen LogP contribution in [0.2, 0.25) is 0 Å². The SMILES string of the molecule is O=C1CN(C(=O)c2ccc3ccccc3c2O)CCN1. The van der Waals surface area contributed by atoms with Crippen molar-refractivity contribution in [1.29, 1.82) is 0 Å². The first-order chi connectivity index (χ1) is 9.66. The lowest BCUT2D eigenvalue weighted by molar-refractivity contribution is -0.123. The Kier molecular flexibility index (Phi) is 3.02. The summed E-state index contributed by atoms with van der Waals surface area (Å²) >= 11 is 0. The summed E-state index contributed by atoms with van der Waals surface area (Å²) in [6.45, 7) is 0.931. The molecule has 102 valence electrons.